The molecule has 0 aliphatic heterocycles. The molecule has 1 amide bonds. The van der Waals surface area contributed by atoms with Crippen molar-refractivity contribution in [2.24, 2.45) is 0 Å². The Labute approximate surface area is 318 Å². The monoisotopic (exact) mass is 756 g/mol. The topological polar surface area (TPSA) is 131 Å². The fraction of sp³-hybridized carbons (Fsp3) is 0.810. The Hall–Kier alpha value is -1.77. The van der Waals surface area contributed by atoms with Crippen molar-refractivity contribution < 1.29 is 37.9 Å². The maximum absolute atomic E-state index is 12.1. The highest BCUT2D eigenvalue weighted by Gasteiger charge is 2.23. The predicted octanol–water partition coefficient (Wildman–Crippen LogP) is 11.4. The molecular weight excluding hydrogens is 677 g/mol. The van der Waals surface area contributed by atoms with Crippen LogP contribution in [0.4, 0.5) is 0 Å². The van der Waals surface area contributed by atoms with E-state index in [1.165, 1.54) is 96.3 Å². The highest BCUT2D eigenvalue weighted by molar-refractivity contribution is 7.47. The number of phosphoric ester groups is 1. The average molecular weight is 756 g/mol. The van der Waals surface area contributed by atoms with Crippen LogP contribution in [0.1, 0.15) is 187 Å². The second-order valence-electron chi connectivity index (χ2n) is 14.0. The van der Waals surface area contributed by atoms with E-state index >= 15 is 0 Å². The molecule has 52 heavy (non-hydrogen) atoms. The van der Waals surface area contributed by atoms with Gasteiger partial charge >= 0.3 is 13.8 Å². The second kappa shape index (κ2) is 38.9. The molecule has 0 aromatic heterocycles. The lowest BCUT2D eigenvalue weighted by molar-refractivity contribution is -0.147. The largest absolute Gasteiger partial charge is 0.472 e. The smallest absolute Gasteiger partial charge is 0.463 e. The van der Waals surface area contributed by atoms with Crippen molar-refractivity contribution in [1.29, 1.82) is 0 Å². The van der Waals surface area contributed by atoms with Crippen molar-refractivity contribution in [3.8, 4) is 0 Å². The van der Waals surface area contributed by atoms with E-state index in [1.54, 1.807) is 0 Å². The van der Waals surface area contributed by atoms with Crippen molar-refractivity contribution in [3.63, 3.8) is 0 Å². The number of hydrogen-bond donors (Lipinski definition) is 3. The van der Waals surface area contributed by atoms with E-state index in [2.05, 4.69) is 55.6 Å². The lowest BCUT2D eigenvalue weighted by Gasteiger charge is -2.15. The van der Waals surface area contributed by atoms with E-state index in [1.807, 2.05) is 0 Å². The van der Waals surface area contributed by atoms with Crippen LogP contribution in [0, 0.1) is 0 Å². The number of nitrogens with one attached hydrogen (secondary N) is 1. The Kier molecular flexibility index (Phi) is 37.6. The lowest BCUT2D eigenvalue weighted by Crippen LogP contribution is -2.27. The Bertz CT molecular complexity index is 954. The quantitative estimate of drug-likeness (QED) is 0.0244. The second-order valence-corrected chi connectivity index (χ2v) is 15.4. The molecule has 0 saturated heterocycles. The van der Waals surface area contributed by atoms with Crippen molar-refractivity contribution in [3.05, 3.63) is 36.5 Å². The van der Waals surface area contributed by atoms with Gasteiger partial charge in [0.1, 0.15) is 12.7 Å². The standard InChI is InChI=1S/C42H78NO8P/c1-3-5-7-9-11-13-15-17-18-19-20-21-22-23-24-26-28-30-32-34-41(45)43-36-37-50-52(47,48)51-39-40(44)38-49-42(46)35-33-31-29-27-25-16-14-12-10-8-6-4-2/h11,13,17-18,20-21,40,44H,3-10,12,14-16,19,22-39H2,1-2H3,(H,43,45)(H,47,48)/b13-11-,18-17-,21-20-. The van der Waals surface area contributed by atoms with Crippen molar-refractivity contribution in [2.75, 3.05) is 26.4 Å². The van der Waals surface area contributed by atoms with Crippen molar-refractivity contribution >= 4 is 19.7 Å². The summed E-state index contributed by atoms with van der Waals surface area (Å²) in [6, 6.07) is 0. The summed E-state index contributed by atoms with van der Waals surface area (Å²) in [6.45, 7) is 3.50. The van der Waals surface area contributed by atoms with E-state index < -0.39 is 26.5 Å². The zero-order chi connectivity index (χ0) is 38.2. The molecule has 3 N–H and O–H groups in total. The molecule has 0 aliphatic rings. The molecule has 0 bridgehead atoms. The summed E-state index contributed by atoms with van der Waals surface area (Å²) in [6.07, 6.45) is 42.1. The van der Waals surface area contributed by atoms with Gasteiger partial charge in [-0.15, -0.1) is 0 Å². The van der Waals surface area contributed by atoms with Crippen molar-refractivity contribution in [1.82, 2.24) is 5.32 Å². The Morgan fingerprint density at radius 1 is 0.596 bits per heavy atom. The number of phosphoric acid groups is 1. The molecule has 0 aromatic rings. The van der Waals surface area contributed by atoms with Gasteiger partial charge in [0.25, 0.3) is 0 Å². The minimum Gasteiger partial charge on any atom is -0.463 e. The molecule has 0 radical (unpaired) electrons. The van der Waals surface area contributed by atoms with Gasteiger partial charge in [0.2, 0.25) is 5.91 Å². The number of amides is 1. The maximum Gasteiger partial charge on any atom is 0.472 e. The normalized spacial score (nSPS) is 13.7. The predicted molar refractivity (Wildman–Crippen MR) is 215 cm³/mol. The highest BCUT2D eigenvalue weighted by Crippen LogP contribution is 2.42. The molecule has 10 heteroatoms. The van der Waals surface area contributed by atoms with E-state index in [9.17, 15) is 24.2 Å². The van der Waals surface area contributed by atoms with Crippen LogP contribution in [0.5, 0.6) is 0 Å². The number of hydrogen-bond acceptors (Lipinski definition) is 7. The molecule has 9 nitrogen and oxygen atoms in total. The first kappa shape index (κ1) is 50.2. The van der Waals surface area contributed by atoms with Gasteiger partial charge in [-0.3, -0.25) is 18.6 Å². The van der Waals surface area contributed by atoms with Crippen LogP contribution in [-0.2, 0) is 27.9 Å². The van der Waals surface area contributed by atoms with E-state index in [-0.39, 0.29) is 32.1 Å². The third kappa shape index (κ3) is 39.4. The first-order chi connectivity index (χ1) is 25.3. The zero-order valence-electron chi connectivity index (χ0n) is 33.3. The summed E-state index contributed by atoms with van der Waals surface area (Å²) in [5.74, 6) is -0.528. The van der Waals surface area contributed by atoms with Gasteiger partial charge in [-0.1, -0.05) is 159 Å². The maximum atomic E-state index is 12.1. The number of aliphatic hydroxyl groups is 1. The lowest BCUT2D eigenvalue weighted by atomic mass is 10.0. The van der Waals surface area contributed by atoms with Gasteiger partial charge in [-0.25, -0.2) is 4.57 Å². The molecule has 0 saturated carbocycles. The van der Waals surface area contributed by atoms with Crippen LogP contribution in [0.3, 0.4) is 0 Å². The Balaban J connectivity index is 3.62. The third-order valence-corrected chi connectivity index (χ3v) is 9.81. The molecule has 0 rings (SSSR count). The molecule has 0 aliphatic carbocycles. The number of unbranched alkanes of at least 4 members (excludes halogenated alkanes) is 20. The fourth-order valence-electron chi connectivity index (χ4n) is 5.62. The first-order valence-corrected chi connectivity index (χ1v) is 22.5. The zero-order valence-corrected chi connectivity index (χ0v) is 34.1. The van der Waals surface area contributed by atoms with Crippen LogP contribution < -0.4 is 5.32 Å². The molecule has 0 heterocycles. The number of allylic oxidation sites excluding steroid dienone is 6. The SMILES string of the molecule is CCCCC/C=C\C/C=C\C/C=C\CCCCCCCCC(=O)NCCOP(=O)(O)OCC(O)COC(=O)CCCCCCCCCCCCCC. The van der Waals surface area contributed by atoms with Crippen LogP contribution in [0.2, 0.25) is 0 Å². The molecule has 2 atom stereocenters. The molecule has 0 spiro atoms. The van der Waals surface area contributed by atoms with Gasteiger partial charge in [-0.05, 0) is 51.4 Å². The number of aliphatic hydroxyl groups excluding tert-OH is 1. The molecular formula is C42H78NO8P. The van der Waals surface area contributed by atoms with Crippen LogP contribution in [0.15, 0.2) is 36.5 Å². The van der Waals surface area contributed by atoms with Gasteiger partial charge < -0.3 is 20.1 Å². The van der Waals surface area contributed by atoms with E-state index in [0.29, 0.717) is 6.42 Å². The molecule has 0 aromatic carbocycles. The number of esters is 1. The summed E-state index contributed by atoms with van der Waals surface area (Å²) < 4.78 is 26.8. The number of carbonyl (C=O) groups is 2. The summed E-state index contributed by atoms with van der Waals surface area (Å²) in [5, 5.41) is 12.7. The van der Waals surface area contributed by atoms with E-state index in [4.69, 9.17) is 13.8 Å². The van der Waals surface area contributed by atoms with Gasteiger partial charge in [0.15, 0.2) is 0 Å². The third-order valence-electron chi connectivity index (χ3n) is 8.82. The molecule has 0 fully saturated rings. The Morgan fingerprint density at radius 2 is 1.04 bits per heavy atom. The van der Waals surface area contributed by atoms with Gasteiger partial charge in [0.05, 0.1) is 13.2 Å². The highest BCUT2D eigenvalue weighted by atomic mass is 31.2. The summed E-state index contributed by atoms with van der Waals surface area (Å²) in [5.41, 5.74) is 0. The van der Waals surface area contributed by atoms with Crippen LogP contribution in [0.25, 0.3) is 0 Å². The minimum absolute atomic E-state index is 0.0749. The summed E-state index contributed by atoms with van der Waals surface area (Å²) in [4.78, 5) is 33.8. The van der Waals surface area contributed by atoms with Crippen molar-refractivity contribution in [2.45, 2.75) is 193 Å². The number of ether oxygens (including phenoxy) is 1. The van der Waals surface area contributed by atoms with Crippen LogP contribution >= 0.6 is 7.82 Å². The fourth-order valence-corrected chi connectivity index (χ4v) is 6.38. The van der Waals surface area contributed by atoms with E-state index in [0.717, 1.165) is 64.2 Å². The number of carbonyl (C=O) groups excluding carboxylic acids is 2. The number of rotatable bonds is 39. The minimum atomic E-state index is -4.42. The van der Waals surface area contributed by atoms with Crippen LogP contribution in [-0.4, -0.2) is 54.3 Å². The Morgan fingerprint density at radius 3 is 1.60 bits per heavy atom. The average Bonchev–Trinajstić information content (AvgIpc) is 3.13. The first-order valence-electron chi connectivity index (χ1n) is 21.0. The van der Waals surface area contributed by atoms with Gasteiger partial charge in [0, 0.05) is 19.4 Å². The molecule has 304 valence electrons. The van der Waals surface area contributed by atoms with Gasteiger partial charge in [-0.2, -0.15) is 0 Å². The summed E-state index contributed by atoms with van der Waals surface area (Å²) in [7, 11) is -4.42. The summed E-state index contributed by atoms with van der Waals surface area (Å²) >= 11 is 0. The molecule has 2 unspecified atom stereocenters.